The highest BCUT2D eigenvalue weighted by molar-refractivity contribution is 5.96. The van der Waals surface area contributed by atoms with Crippen molar-refractivity contribution in [3.8, 4) is 0 Å². The summed E-state index contributed by atoms with van der Waals surface area (Å²) in [4.78, 5) is 15.5. The zero-order valence-electron chi connectivity index (χ0n) is 8.37. The first-order chi connectivity index (χ1) is 5.99. The summed E-state index contributed by atoms with van der Waals surface area (Å²) in [7, 11) is 0. The van der Waals surface area contributed by atoms with E-state index in [1.54, 1.807) is 24.5 Å². The van der Waals surface area contributed by atoms with Gasteiger partial charge >= 0.3 is 0 Å². The molecule has 0 aliphatic carbocycles. The molecule has 0 aliphatic heterocycles. The van der Waals surface area contributed by atoms with E-state index < -0.39 is 0 Å². The number of ketones is 1. The van der Waals surface area contributed by atoms with Crippen molar-refractivity contribution >= 4 is 5.78 Å². The number of aromatic nitrogens is 1. The Bertz CT molecular complexity index is 285. The van der Waals surface area contributed by atoms with Gasteiger partial charge in [-0.1, -0.05) is 20.8 Å². The third-order valence-corrected chi connectivity index (χ3v) is 1.67. The van der Waals surface area contributed by atoms with Crippen LogP contribution in [0.15, 0.2) is 24.5 Å². The molecule has 2 nitrogen and oxygen atoms in total. The van der Waals surface area contributed by atoms with Crippen molar-refractivity contribution in [3.63, 3.8) is 0 Å². The number of Topliss-reactive ketones (excluding diaryl/α,β-unsaturated/α-hetero) is 1. The number of carbonyl (C=O) groups excluding carboxylic acids is 1. The fourth-order valence-electron chi connectivity index (χ4n) is 1.11. The zero-order chi connectivity index (χ0) is 9.90. The molecule has 0 aliphatic rings. The summed E-state index contributed by atoms with van der Waals surface area (Å²) in [6.07, 6.45) is 3.86. The molecule has 1 heterocycles. The van der Waals surface area contributed by atoms with E-state index in [9.17, 15) is 4.79 Å². The van der Waals surface area contributed by atoms with Crippen LogP contribution in [0, 0.1) is 5.41 Å². The van der Waals surface area contributed by atoms with Gasteiger partial charge in [-0.15, -0.1) is 0 Å². The average molecular weight is 177 g/mol. The normalized spacial score (nSPS) is 11.3. The van der Waals surface area contributed by atoms with Crippen molar-refractivity contribution in [2.24, 2.45) is 5.41 Å². The Kier molecular flexibility index (Phi) is 2.81. The van der Waals surface area contributed by atoms with Crippen molar-refractivity contribution in [1.29, 1.82) is 0 Å². The summed E-state index contributed by atoms with van der Waals surface area (Å²) >= 11 is 0. The van der Waals surface area contributed by atoms with Crippen LogP contribution in [0.5, 0.6) is 0 Å². The second kappa shape index (κ2) is 3.69. The van der Waals surface area contributed by atoms with E-state index in [1.807, 2.05) is 0 Å². The first-order valence-corrected chi connectivity index (χ1v) is 4.42. The number of nitrogens with zero attached hydrogens (tertiary/aromatic N) is 1. The summed E-state index contributed by atoms with van der Waals surface area (Å²) in [5.41, 5.74) is 0.754. The van der Waals surface area contributed by atoms with Crippen molar-refractivity contribution in [1.82, 2.24) is 4.98 Å². The Morgan fingerprint density at radius 2 is 2.15 bits per heavy atom. The van der Waals surface area contributed by atoms with Crippen molar-refractivity contribution < 1.29 is 4.79 Å². The Balaban J connectivity index is 2.71. The number of pyridine rings is 1. The Hall–Kier alpha value is -1.18. The summed E-state index contributed by atoms with van der Waals surface area (Å²) in [5.74, 6) is 0.167. The maximum atomic E-state index is 11.6. The molecule has 0 fully saturated rings. The number of carbonyl (C=O) groups is 1. The standard InChI is InChI=1S/C11H15NO/c1-11(2,3)7-10(13)9-5-4-6-12-8-9/h4-6,8H,7H2,1-3H3. The van der Waals surface area contributed by atoms with Crippen molar-refractivity contribution in [2.45, 2.75) is 27.2 Å². The van der Waals surface area contributed by atoms with Gasteiger partial charge in [-0.3, -0.25) is 9.78 Å². The molecule has 0 bridgehead atoms. The van der Waals surface area contributed by atoms with Crippen molar-refractivity contribution in [3.05, 3.63) is 30.1 Å². The molecule has 1 rings (SSSR count). The van der Waals surface area contributed by atoms with Gasteiger partial charge in [0.2, 0.25) is 0 Å². The fraction of sp³-hybridized carbons (Fsp3) is 0.455. The first-order valence-electron chi connectivity index (χ1n) is 4.42. The molecule has 70 valence electrons. The summed E-state index contributed by atoms with van der Waals surface area (Å²) in [5, 5.41) is 0. The minimum Gasteiger partial charge on any atom is -0.294 e. The van der Waals surface area contributed by atoms with E-state index in [2.05, 4.69) is 25.8 Å². The second-order valence-electron chi connectivity index (χ2n) is 4.40. The largest absolute Gasteiger partial charge is 0.294 e. The highest BCUT2D eigenvalue weighted by atomic mass is 16.1. The van der Waals surface area contributed by atoms with Crippen LogP contribution in [-0.4, -0.2) is 10.8 Å². The Morgan fingerprint density at radius 1 is 1.46 bits per heavy atom. The van der Waals surface area contributed by atoms with Crippen LogP contribution in [0.4, 0.5) is 0 Å². The van der Waals surface area contributed by atoms with Gasteiger partial charge < -0.3 is 0 Å². The summed E-state index contributed by atoms with van der Waals surface area (Å²) in [6.45, 7) is 6.17. The molecule has 0 spiro atoms. The van der Waals surface area contributed by atoms with Gasteiger partial charge in [-0.05, 0) is 17.5 Å². The van der Waals surface area contributed by atoms with Gasteiger partial charge in [-0.2, -0.15) is 0 Å². The molecule has 13 heavy (non-hydrogen) atoms. The Labute approximate surface area is 79.0 Å². The van der Waals surface area contributed by atoms with Crippen LogP contribution in [-0.2, 0) is 0 Å². The van der Waals surface area contributed by atoms with E-state index in [4.69, 9.17) is 0 Å². The maximum Gasteiger partial charge on any atom is 0.164 e. The van der Waals surface area contributed by atoms with Crippen molar-refractivity contribution in [2.75, 3.05) is 0 Å². The smallest absolute Gasteiger partial charge is 0.164 e. The highest BCUT2D eigenvalue weighted by Crippen LogP contribution is 2.20. The molecule has 0 radical (unpaired) electrons. The third-order valence-electron chi connectivity index (χ3n) is 1.67. The van der Waals surface area contributed by atoms with Crippen LogP contribution in [0.25, 0.3) is 0 Å². The van der Waals surface area contributed by atoms with Gasteiger partial charge in [-0.25, -0.2) is 0 Å². The molecule has 0 saturated heterocycles. The zero-order valence-corrected chi connectivity index (χ0v) is 8.37. The van der Waals surface area contributed by atoms with E-state index >= 15 is 0 Å². The molecule has 0 atom stereocenters. The second-order valence-corrected chi connectivity index (χ2v) is 4.40. The predicted molar refractivity (Wildman–Crippen MR) is 52.6 cm³/mol. The molecule has 1 aromatic heterocycles. The number of hydrogen-bond acceptors (Lipinski definition) is 2. The molecule has 1 aromatic rings. The molecular formula is C11H15NO. The predicted octanol–water partition coefficient (Wildman–Crippen LogP) is 2.70. The minimum atomic E-state index is 0.0485. The van der Waals surface area contributed by atoms with E-state index in [1.165, 1.54) is 0 Å². The first kappa shape index (κ1) is 9.90. The average Bonchev–Trinajstić information content (AvgIpc) is 2.03. The lowest BCUT2D eigenvalue weighted by Gasteiger charge is -2.16. The maximum absolute atomic E-state index is 11.6. The highest BCUT2D eigenvalue weighted by Gasteiger charge is 2.16. The molecule has 0 unspecified atom stereocenters. The van der Waals surface area contributed by atoms with Crippen LogP contribution in [0.1, 0.15) is 37.6 Å². The van der Waals surface area contributed by atoms with Gasteiger partial charge in [0.05, 0.1) is 0 Å². The molecular weight excluding hydrogens is 162 g/mol. The molecule has 0 amide bonds. The van der Waals surface area contributed by atoms with Gasteiger partial charge in [0.15, 0.2) is 5.78 Å². The molecule has 0 saturated carbocycles. The fourth-order valence-corrected chi connectivity index (χ4v) is 1.11. The van der Waals surface area contributed by atoms with E-state index in [0.717, 1.165) is 0 Å². The molecule has 0 aromatic carbocycles. The van der Waals surface area contributed by atoms with Crippen LogP contribution < -0.4 is 0 Å². The SMILES string of the molecule is CC(C)(C)CC(=O)c1cccnc1. The summed E-state index contributed by atoms with van der Waals surface area (Å²) < 4.78 is 0. The number of rotatable bonds is 2. The topological polar surface area (TPSA) is 30.0 Å². The van der Waals surface area contributed by atoms with Gasteiger partial charge in [0.1, 0.15) is 0 Å². The number of hydrogen-bond donors (Lipinski definition) is 0. The third kappa shape index (κ3) is 3.36. The molecule has 2 heteroatoms. The lowest BCUT2D eigenvalue weighted by atomic mass is 9.88. The van der Waals surface area contributed by atoms with Gasteiger partial charge in [0, 0.05) is 24.4 Å². The van der Waals surface area contributed by atoms with Crippen LogP contribution in [0.2, 0.25) is 0 Å². The van der Waals surface area contributed by atoms with Crippen LogP contribution in [0.3, 0.4) is 0 Å². The Morgan fingerprint density at radius 3 is 2.62 bits per heavy atom. The minimum absolute atomic E-state index is 0.0485. The van der Waals surface area contributed by atoms with Crippen LogP contribution >= 0.6 is 0 Å². The summed E-state index contributed by atoms with van der Waals surface area (Å²) in [6, 6.07) is 3.59. The van der Waals surface area contributed by atoms with E-state index in [-0.39, 0.29) is 11.2 Å². The lowest BCUT2D eigenvalue weighted by molar-refractivity contribution is 0.0939. The monoisotopic (exact) mass is 177 g/mol. The van der Waals surface area contributed by atoms with E-state index in [0.29, 0.717) is 12.0 Å². The lowest BCUT2D eigenvalue weighted by Crippen LogP contribution is -2.13. The molecule has 0 N–H and O–H groups in total. The quantitative estimate of drug-likeness (QED) is 0.650. The van der Waals surface area contributed by atoms with Gasteiger partial charge in [0.25, 0.3) is 0 Å².